The first kappa shape index (κ1) is 17.9. The molecule has 0 saturated heterocycles. The molecule has 1 rings (SSSR count). The Hall–Kier alpha value is -0.120. The Kier molecular flexibility index (Phi) is 9.49. The summed E-state index contributed by atoms with van der Waals surface area (Å²) in [6.07, 6.45) is 15.3. The molecular weight excluding hydrogens is 252 g/mol. The third kappa shape index (κ3) is 8.23. The van der Waals surface area contributed by atoms with E-state index in [0.717, 1.165) is 25.7 Å². The van der Waals surface area contributed by atoms with E-state index < -0.39 is 11.9 Å². The number of rotatable bonds is 0. The Bertz CT molecular complexity index is 228. The molecule has 3 nitrogen and oxygen atoms in total. The van der Waals surface area contributed by atoms with E-state index in [0.29, 0.717) is 12.8 Å². The number of aliphatic hydroxyl groups excluding tert-OH is 1. The van der Waals surface area contributed by atoms with E-state index in [1.165, 1.54) is 57.8 Å². The molecule has 0 spiro atoms. The lowest BCUT2D eigenvalue weighted by molar-refractivity contribution is -0.230. The highest BCUT2D eigenvalue weighted by Gasteiger charge is 2.31. The second-order valence-electron chi connectivity index (χ2n) is 6.53. The standard InChI is InChI=1S/C17H34O3/c18-16-14-12-10-8-6-4-2-1-3-5-7-9-11-13-15-17(16,19)20/h16,18-20H,1-15H2. The van der Waals surface area contributed by atoms with Crippen molar-refractivity contribution in [2.24, 2.45) is 0 Å². The van der Waals surface area contributed by atoms with Crippen molar-refractivity contribution in [3.63, 3.8) is 0 Å². The largest absolute Gasteiger partial charge is 0.388 e. The Labute approximate surface area is 124 Å². The Morgan fingerprint density at radius 3 is 1.35 bits per heavy atom. The fraction of sp³-hybridized carbons (Fsp3) is 1.00. The van der Waals surface area contributed by atoms with Gasteiger partial charge in [-0.1, -0.05) is 77.0 Å². The maximum Gasteiger partial charge on any atom is 0.189 e. The molecule has 1 aliphatic carbocycles. The average molecular weight is 286 g/mol. The van der Waals surface area contributed by atoms with E-state index in [4.69, 9.17) is 0 Å². The van der Waals surface area contributed by atoms with Crippen molar-refractivity contribution >= 4 is 0 Å². The van der Waals surface area contributed by atoms with E-state index in [2.05, 4.69) is 0 Å². The molecule has 0 bridgehead atoms. The highest BCUT2D eigenvalue weighted by molar-refractivity contribution is 4.75. The minimum Gasteiger partial charge on any atom is -0.388 e. The monoisotopic (exact) mass is 286 g/mol. The van der Waals surface area contributed by atoms with Crippen LogP contribution in [0.25, 0.3) is 0 Å². The topological polar surface area (TPSA) is 60.7 Å². The normalized spacial score (nSPS) is 28.6. The minimum atomic E-state index is -1.88. The number of aliphatic hydroxyl groups is 3. The molecule has 1 fully saturated rings. The van der Waals surface area contributed by atoms with Crippen LogP contribution >= 0.6 is 0 Å². The van der Waals surface area contributed by atoms with Crippen LogP contribution in [0.4, 0.5) is 0 Å². The summed E-state index contributed by atoms with van der Waals surface area (Å²) in [7, 11) is 0. The lowest BCUT2D eigenvalue weighted by atomic mass is 9.97. The molecule has 3 N–H and O–H groups in total. The van der Waals surface area contributed by atoms with Crippen molar-refractivity contribution in [1.82, 2.24) is 0 Å². The van der Waals surface area contributed by atoms with Crippen molar-refractivity contribution in [1.29, 1.82) is 0 Å². The summed E-state index contributed by atoms with van der Waals surface area (Å²) in [5.41, 5.74) is 0. The first-order valence-electron chi connectivity index (χ1n) is 8.76. The summed E-state index contributed by atoms with van der Waals surface area (Å²) < 4.78 is 0. The zero-order chi connectivity index (χ0) is 14.7. The van der Waals surface area contributed by atoms with Crippen molar-refractivity contribution in [3.05, 3.63) is 0 Å². The average Bonchev–Trinajstić information content (AvgIpc) is 2.42. The molecule has 0 heterocycles. The van der Waals surface area contributed by atoms with Crippen molar-refractivity contribution < 1.29 is 15.3 Å². The van der Waals surface area contributed by atoms with Gasteiger partial charge in [0.05, 0.1) is 0 Å². The second-order valence-corrected chi connectivity index (χ2v) is 6.53. The first-order chi connectivity index (χ1) is 9.63. The van der Waals surface area contributed by atoms with Gasteiger partial charge in [0.1, 0.15) is 6.10 Å². The van der Waals surface area contributed by atoms with E-state index in [9.17, 15) is 15.3 Å². The summed E-state index contributed by atoms with van der Waals surface area (Å²) in [4.78, 5) is 0. The van der Waals surface area contributed by atoms with Gasteiger partial charge >= 0.3 is 0 Å². The summed E-state index contributed by atoms with van der Waals surface area (Å²) in [6.45, 7) is 0. The highest BCUT2D eigenvalue weighted by atomic mass is 16.5. The van der Waals surface area contributed by atoms with Crippen LogP contribution < -0.4 is 0 Å². The quantitative estimate of drug-likeness (QED) is 0.592. The maximum absolute atomic E-state index is 9.90. The van der Waals surface area contributed by atoms with Gasteiger partial charge < -0.3 is 15.3 Å². The summed E-state index contributed by atoms with van der Waals surface area (Å²) in [5.74, 6) is -1.88. The van der Waals surface area contributed by atoms with Crippen LogP contribution in [0.3, 0.4) is 0 Å². The third-order valence-corrected chi connectivity index (χ3v) is 4.56. The van der Waals surface area contributed by atoms with Crippen LogP contribution in [-0.4, -0.2) is 27.2 Å². The predicted octanol–water partition coefficient (Wildman–Crippen LogP) is 3.89. The summed E-state index contributed by atoms with van der Waals surface area (Å²) in [6, 6.07) is 0. The molecule has 1 aliphatic rings. The third-order valence-electron chi connectivity index (χ3n) is 4.56. The predicted molar refractivity (Wildman–Crippen MR) is 82.4 cm³/mol. The smallest absolute Gasteiger partial charge is 0.189 e. The van der Waals surface area contributed by atoms with E-state index in [1.54, 1.807) is 0 Å². The number of hydrogen-bond acceptors (Lipinski definition) is 3. The van der Waals surface area contributed by atoms with Gasteiger partial charge in [-0.05, 0) is 12.8 Å². The first-order valence-corrected chi connectivity index (χ1v) is 8.76. The molecular formula is C17H34O3. The summed E-state index contributed by atoms with van der Waals surface area (Å²) >= 11 is 0. The van der Waals surface area contributed by atoms with Crippen molar-refractivity contribution in [2.45, 2.75) is 108 Å². The molecule has 1 unspecified atom stereocenters. The lowest BCUT2D eigenvalue weighted by Gasteiger charge is -2.27. The van der Waals surface area contributed by atoms with Crippen molar-refractivity contribution in [2.75, 3.05) is 0 Å². The molecule has 120 valence electrons. The fourth-order valence-electron chi connectivity index (χ4n) is 3.07. The van der Waals surface area contributed by atoms with Gasteiger partial charge in [0.25, 0.3) is 0 Å². The Morgan fingerprint density at radius 2 is 0.900 bits per heavy atom. The molecule has 1 atom stereocenters. The zero-order valence-corrected chi connectivity index (χ0v) is 13.0. The maximum atomic E-state index is 9.90. The van der Waals surface area contributed by atoms with Crippen molar-refractivity contribution in [3.8, 4) is 0 Å². The Balaban J connectivity index is 2.31. The number of hydrogen-bond donors (Lipinski definition) is 3. The van der Waals surface area contributed by atoms with Crippen LogP contribution in [-0.2, 0) is 0 Å². The van der Waals surface area contributed by atoms with E-state index >= 15 is 0 Å². The second kappa shape index (κ2) is 10.6. The van der Waals surface area contributed by atoms with Crippen LogP contribution in [0.2, 0.25) is 0 Å². The zero-order valence-electron chi connectivity index (χ0n) is 13.0. The molecule has 0 radical (unpaired) electrons. The van der Waals surface area contributed by atoms with E-state index in [-0.39, 0.29) is 0 Å². The van der Waals surface area contributed by atoms with Crippen LogP contribution in [0.5, 0.6) is 0 Å². The molecule has 20 heavy (non-hydrogen) atoms. The molecule has 0 aromatic carbocycles. The lowest BCUT2D eigenvalue weighted by Crippen LogP contribution is -2.42. The van der Waals surface area contributed by atoms with Crippen LogP contribution in [0.1, 0.15) is 96.3 Å². The highest BCUT2D eigenvalue weighted by Crippen LogP contribution is 2.22. The van der Waals surface area contributed by atoms with Gasteiger partial charge in [-0.2, -0.15) is 0 Å². The molecule has 0 amide bonds. The van der Waals surface area contributed by atoms with Gasteiger partial charge in [0.15, 0.2) is 5.79 Å². The van der Waals surface area contributed by atoms with Gasteiger partial charge in [-0.3, -0.25) is 0 Å². The minimum absolute atomic E-state index is 0.300. The Morgan fingerprint density at radius 1 is 0.550 bits per heavy atom. The molecule has 3 heteroatoms. The fourth-order valence-corrected chi connectivity index (χ4v) is 3.07. The molecule has 0 aromatic heterocycles. The van der Waals surface area contributed by atoms with Crippen LogP contribution in [0, 0.1) is 0 Å². The molecule has 0 aromatic rings. The SMILES string of the molecule is OC1CCCCCCCCCCCCCCCC1(O)O. The molecule has 0 aliphatic heterocycles. The van der Waals surface area contributed by atoms with Gasteiger partial charge in [0, 0.05) is 6.42 Å². The van der Waals surface area contributed by atoms with Gasteiger partial charge in [-0.25, -0.2) is 0 Å². The van der Waals surface area contributed by atoms with Gasteiger partial charge in [0.2, 0.25) is 0 Å². The van der Waals surface area contributed by atoms with Crippen LogP contribution in [0.15, 0.2) is 0 Å². The molecule has 1 saturated carbocycles. The van der Waals surface area contributed by atoms with E-state index in [1.807, 2.05) is 0 Å². The van der Waals surface area contributed by atoms with Gasteiger partial charge in [-0.15, -0.1) is 0 Å². The summed E-state index contributed by atoms with van der Waals surface area (Å²) in [5, 5.41) is 29.7.